The van der Waals surface area contributed by atoms with Gasteiger partial charge in [-0.1, -0.05) is 30.7 Å². The van der Waals surface area contributed by atoms with E-state index in [1.807, 2.05) is 13.0 Å². The standard InChI is InChI=1S/C16H21FN2O.ClH/c1-12(14-3-2-4-15(17)10-14)9-16(20)19-11-13-5-7-18-8-6-13;/h2-5,10,12,18H,6-9,11H2,1H3,(H,19,20);1H. The molecule has 1 atom stereocenters. The first-order valence-corrected chi connectivity index (χ1v) is 7.06. The number of hydrogen-bond acceptors (Lipinski definition) is 2. The van der Waals surface area contributed by atoms with Crippen molar-refractivity contribution in [2.75, 3.05) is 19.6 Å². The molecule has 0 fully saturated rings. The predicted molar refractivity (Wildman–Crippen MR) is 85.3 cm³/mol. The lowest BCUT2D eigenvalue weighted by Gasteiger charge is -2.16. The minimum atomic E-state index is -0.255. The zero-order valence-corrected chi connectivity index (χ0v) is 13.0. The molecule has 0 saturated heterocycles. The molecule has 1 heterocycles. The van der Waals surface area contributed by atoms with Gasteiger partial charge in [-0.25, -0.2) is 4.39 Å². The second kappa shape index (κ2) is 8.80. The Morgan fingerprint density at radius 2 is 2.29 bits per heavy atom. The highest BCUT2D eigenvalue weighted by Gasteiger charge is 2.12. The van der Waals surface area contributed by atoms with Crippen LogP contribution in [0.3, 0.4) is 0 Å². The summed E-state index contributed by atoms with van der Waals surface area (Å²) >= 11 is 0. The predicted octanol–water partition coefficient (Wildman–Crippen LogP) is 2.78. The molecule has 1 amide bonds. The van der Waals surface area contributed by atoms with Gasteiger partial charge >= 0.3 is 0 Å². The third kappa shape index (κ3) is 5.86. The van der Waals surface area contributed by atoms with Crippen LogP contribution in [0.25, 0.3) is 0 Å². The summed E-state index contributed by atoms with van der Waals surface area (Å²) in [5.74, 6) is -0.219. The van der Waals surface area contributed by atoms with E-state index in [1.54, 1.807) is 6.07 Å². The Hall–Kier alpha value is -1.39. The lowest BCUT2D eigenvalue weighted by Crippen LogP contribution is -2.30. The Morgan fingerprint density at radius 1 is 1.48 bits per heavy atom. The van der Waals surface area contributed by atoms with Gasteiger partial charge < -0.3 is 10.6 Å². The van der Waals surface area contributed by atoms with Gasteiger partial charge in [-0.2, -0.15) is 0 Å². The highest BCUT2D eigenvalue weighted by atomic mass is 35.5. The van der Waals surface area contributed by atoms with Crippen LogP contribution in [0.1, 0.15) is 31.2 Å². The third-order valence-corrected chi connectivity index (χ3v) is 3.58. The molecule has 1 aliphatic heterocycles. The third-order valence-electron chi connectivity index (χ3n) is 3.58. The van der Waals surface area contributed by atoms with E-state index < -0.39 is 0 Å². The number of amides is 1. The van der Waals surface area contributed by atoms with Crippen LogP contribution in [-0.2, 0) is 4.79 Å². The number of carbonyl (C=O) groups is 1. The number of halogens is 2. The smallest absolute Gasteiger partial charge is 0.220 e. The Kier molecular flexibility index (Phi) is 7.40. The molecule has 1 unspecified atom stereocenters. The second-order valence-electron chi connectivity index (χ2n) is 5.25. The van der Waals surface area contributed by atoms with Crippen molar-refractivity contribution < 1.29 is 9.18 Å². The molecule has 0 saturated carbocycles. The fraction of sp³-hybridized carbons (Fsp3) is 0.438. The van der Waals surface area contributed by atoms with E-state index in [2.05, 4.69) is 16.7 Å². The molecule has 0 aliphatic carbocycles. The summed E-state index contributed by atoms with van der Waals surface area (Å²) in [4.78, 5) is 11.9. The molecule has 1 aliphatic rings. The van der Waals surface area contributed by atoms with Crippen molar-refractivity contribution in [2.45, 2.75) is 25.7 Å². The van der Waals surface area contributed by atoms with E-state index in [0.717, 1.165) is 25.1 Å². The maximum Gasteiger partial charge on any atom is 0.220 e. The lowest BCUT2D eigenvalue weighted by atomic mass is 9.97. The van der Waals surface area contributed by atoms with Crippen LogP contribution in [0, 0.1) is 5.82 Å². The normalized spacial score (nSPS) is 15.6. The van der Waals surface area contributed by atoms with Crippen LogP contribution in [0.5, 0.6) is 0 Å². The van der Waals surface area contributed by atoms with Gasteiger partial charge in [-0.15, -0.1) is 12.4 Å². The van der Waals surface area contributed by atoms with Crippen molar-refractivity contribution >= 4 is 18.3 Å². The van der Waals surface area contributed by atoms with Crippen LogP contribution in [0.2, 0.25) is 0 Å². The fourth-order valence-electron chi connectivity index (χ4n) is 2.32. The van der Waals surface area contributed by atoms with E-state index in [4.69, 9.17) is 0 Å². The molecular weight excluding hydrogens is 291 g/mol. The number of benzene rings is 1. The zero-order valence-electron chi connectivity index (χ0n) is 12.2. The average Bonchev–Trinajstić information content (AvgIpc) is 2.46. The van der Waals surface area contributed by atoms with Gasteiger partial charge in [0.1, 0.15) is 5.82 Å². The molecule has 2 N–H and O–H groups in total. The van der Waals surface area contributed by atoms with Gasteiger partial charge in [-0.3, -0.25) is 4.79 Å². The van der Waals surface area contributed by atoms with Crippen molar-refractivity contribution in [1.82, 2.24) is 10.6 Å². The maximum absolute atomic E-state index is 13.1. The summed E-state index contributed by atoms with van der Waals surface area (Å²) in [6, 6.07) is 6.45. The minimum absolute atomic E-state index is 0. The monoisotopic (exact) mass is 312 g/mol. The average molecular weight is 313 g/mol. The van der Waals surface area contributed by atoms with Crippen molar-refractivity contribution in [2.24, 2.45) is 0 Å². The van der Waals surface area contributed by atoms with Gasteiger partial charge in [0, 0.05) is 19.5 Å². The Morgan fingerprint density at radius 3 is 2.95 bits per heavy atom. The zero-order chi connectivity index (χ0) is 14.4. The van der Waals surface area contributed by atoms with Crippen LogP contribution in [0.4, 0.5) is 4.39 Å². The molecule has 0 radical (unpaired) electrons. The summed E-state index contributed by atoms with van der Waals surface area (Å²) < 4.78 is 13.1. The fourth-order valence-corrected chi connectivity index (χ4v) is 2.32. The van der Waals surface area contributed by atoms with Gasteiger partial charge in [0.25, 0.3) is 0 Å². The van der Waals surface area contributed by atoms with Gasteiger partial charge in [0.2, 0.25) is 5.91 Å². The molecule has 1 aromatic rings. The summed E-state index contributed by atoms with van der Waals surface area (Å²) in [6.07, 6.45) is 3.49. The van der Waals surface area contributed by atoms with Crippen LogP contribution >= 0.6 is 12.4 Å². The Labute approximate surface area is 131 Å². The highest BCUT2D eigenvalue weighted by Crippen LogP contribution is 2.19. The molecule has 1 aromatic carbocycles. The van der Waals surface area contributed by atoms with Crippen molar-refractivity contribution in [1.29, 1.82) is 0 Å². The van der Waals surface area contributed by atoms with Gasteiger partial charge in [0.15, 0.2) is 0 Å². The first kappa shape index (κ1) is 17.7. The van der Waals surface area contributed by atoms with E-state index in [9.17, 15) is 9.18 Å². The van der Waals surface area contributed by atoms with E-state index in [1.165, 1.54) is 17.7 Å². The molecular formula is C16H22ClFN2O. The molecule has 116 valence electrons. The second-order valence-corrected chi connectivity index (χ2v) is 5.25. The van der Waals surface area contributed by atoms with Gasteiger partial charge in [-0.05, 0) is 36.6 Å². The largest absolute Gasteiger partial charge is 0.352 e. The first-order chi connectivity index (χ1) is 9.65. The van der Waals surface area contributed by atoms with Crippen molar-refractivity contribution in [3.05, 3.63) is 47.3 Å². The molecule has 0 spiro atoms. The van der Waals surface area contributed by atoms with Crippen molar-refractivity contribution in [3.8, 4) is 0 Å². The van der Waals surface area contributed by atoms with Gasteiger partial charge in [0.05, 0.1) is 0 Å². The molecule has 0 aromatic heterocycles. The number of rotatable bonds is 5. The van der Waals surface area contributed by atoms with Crippen molar-refractivity contribution in [3.63, 3.8) is 0 Å². The van der Waals surface area contributed by atoms with Crippen LogP contribution in [0.15, 0.2) is 35.9 Å². The SMILES string of the molecule is CC(CC(=O)NCC1=CCNCC1)c1cccc(F)c1.Cl. The Bertz CT molecular complexity index is 505. The summed E-state index contributed by atoms with van der Waals surface area (Å²) in [5.41, 5.74) is 2.14. The molecule has 0 bridgehead atoms. The van der Waals surface area contributed by atoms with E-state index in [0.29, 0.717) is 13.0 Å². The number of hydrogen-bond donors (Lipinski definition) is 2. The topological polar surface area (TPSA) is 41.1 Å². The summed E-state index contributed by atoms with van der Waals surface area (Å²) in [6.45, 7) is 4.42. The highest BCUT2D eigenvalue weighted by molar-refractivity contribution is 5.85. The number of nitrogens with one attached hydrogen (secondary N) is 2. The molecule has 21 heavy (non-hydrogen) atoms. The Balaban J connectivity index is 0.00000220. The van der Waals surface area contributed by atoms with E-state index >= 15 is 0 Å². The molecule has 3 nitrogen and oxygen atoms in total. The van der Waals surface area contributed by atoms with Crippen LogP contribution in [-0.4, -0.2) is 25.5 Å². The minimum Gasteiger partial charge on any atom is -0.352 e. The summed E-state index contributed by atoms with van der Waals surface area (Å²) in [5, 5.41) is 6.18. The van der Waals surface area contributed by atoms with Crippen LogP contribution < -0.4 is 10.6 Å². The lowest BCUT2D eigenvalue weighted by molar-refractivity contribution is -0.121. The molecule has 2 rings (SSSR count). The quantitative estimate of drug-likeness (QED) is 0.821. The maximum atomic E-state index is 13.1. The first-order valence-electron chi connectivity index (χ1n) is 7.06. The van der Waals surface area contributed by atoms with E-state index in [-0.39, 0.29) is 30.0 Å². The molecule has 5 heteroatoms. The summed E-state index contributed by atoms with van der Waals surface area (Å²) in [7, 11) is 0. The number of carbonyl (C=O) groups excluding carboxylic acids is 1.